The highest BCUT2D eigenvalue weighted by Gasteiger charge is 2.36. The molecule has 1 aliphatic carbocycles. The molecule has 1 fully saturated rings. The number of nitrogens with one attached hydrogen (secondary N) is 1. The molecule has 0 saturated heterocycles. The Kier molecular flexibility index (Phi) is 7.33. The Morgan fingerprint density at radius 1 is 1.38 bits per heavy atom. The summed E-state index contributed by atoms with van der Waals surface area (Å²) in [5, 5.41) is 8.34. The highest BCUT2D eigenvalue weighted by atomic mass is 35.5. The van der Waals surface area contributed by atoms with Crippen molar-refractivity contribution >= 4 is 34.9 Å². The summed E-state index contributed by atoms with van der Waals surface area (Å²) in [6.45, 7) is 3.69. The van der Waals surface area contributed by atoms with Crippen LogP contribution in [0.4, 0.5) is 4.39 Å². The molecular formula is C20H22ClFN4O2S. The number of benzene rings is 1. The van der Waals surface area contributed by atoms with Gasteiger partial charge in [-0.1, -0.05) is 47.5 Å². The third-order valence-electron chi connectivity index (χ3n) is 4.95. The number of carbonyl (C=O) groups is 2. The SMILES string of the molecule is C=CCN(C(=O)c1csnn1)[C@H](C(=O)NC1CCCCC1)c1c(F)cccc1Cl. The molecule has 154 valence electrons. The average Bonchev–Trinajstić information content (AvgIpc) is 3.24. The highest BCUT2D eigenvalue weighted by Crippen LogP contribution is 2.32. The summed E-state index contributed by atoms with van der Waals surface area (Å²) in [6.07, 6.45) is 6.37. The fourth-order valence-corrected chi connectivity index (χ4v) is 4.27. The molecule has 1 aromatic heterocycles. The van der Waals surface area contributed by atoms with Crippen molar-refractivity contribution in [3.63, 3.8) is 0 Å². The molecule has 0 bridgehead atoms. The number of halogens is 2. The zero-order valence-corrected chi connectivity index (χ0v) is 17.4. The molecule has 1 aliphatic rings. The maximum Gasteiger partial charge on any atom is 0.276 e. The van der Waals surface area contributed by atoms with Gasteiger partial charge in [-0.25, -0.2) is 4.39 Å². The number of hydrogen-bond donors (Lipinski definition) is 1. The maximum atomic E-state index is 14.8. The number of amides is 2. The van der Waals surface area contributed by atoms with Crippen LogP contribution in [0, 0.1) is 5.82 Å². The van der Waals surface area contributed by atoms with Gasteiger partial charge in [-0.15, -0.1) is 11.7 Å². The number of aromatic nitrogens is 2. The molecule has 1 atom stereocenters. The first-order valence-electron chi connectivity index (χ1n) is 9.46. The molecule has 9 heteroatoms. The van der Waals surface area contributed by atoms with Gasteiger partial charge in [-0.2, -0.15) is 0 Å². The van der Waals surface area contributed by atoms with Crippen LogP contribution in [0.3, 0.4) is 0 Å². The lowest BCUT2D eigenvalue weighted by Gasteiger charge is -2.32. The van der Waals surface area contributed by atoms with E-state index in [1.807, 2.05) is 0 Å². The van der Waals surface area contributed by atoms with Gasteiger partial charge >= 0.3 is 0 Å². The van der Waals surface area contributed by atoms with Gasteiger partial charge in [0.05, 0.1) is 0 Å². The normalized spacial score (nSPS) is 15.5. The van der Waals surface area contributed by atoms with E-state index in [-0.39, 0.29) is 28.9 Å². The summed E-state index contributed by atoms with van der Waals surface area (Å²) in [4.78, 5) is 27.6. The van der Waals surface area contributed by atoms with Gasteiger partial charge in [0, 0.05) is 28.6 Å². The first-order chi connectivity index (χ1) is 14.0. The van der Waals surface area contributed by atoms with Gasteiger partial charge in [-0.3, -0.25) is 9.59 Å². The van der Waals surface area contributed by atoms with Gasteiger partial charge in [-0.05, 0) is 36.5 Å². The van der Waals surface area contributed by atoms with E-state index in [0.29, 0.717) is 0 Å². The number of rotatable bonds is 7. The van der Waals surface area contributed by atoms with Crippen molar-refractivity contribution in [2.24, 2.45) is 0 Å². The number of hydrogen-bond acceptors (Lipinski definition) is 5. The Morgan fingerprint density at radius 2 is 2.14 bits per heavy atom. The topological polar surface area (TPSA) is 75.2 Å². The van der Waals surface area contributed by atoms with Crippen molar-refractivity contribution in [2.45, 2.75) is 44.2 Å². The minimum Gasteiger partial charge on any atom is -0.351 e. The fourth-order valence-electron chi connectivity index (χ4n) is 3.58. The smallest absolute Gasteiger partial charge is 0.276 e. The number of carbonyl (C=O) groups excluding carboxylic acids is 2. The molecular weight excluding hydrogens is 415 g/mol. The molecule has 0 aliphatic heterocycles. The van der Waals surface area contributed by atoms with Crippen molar-refractivity contribution in [3.8, 4) is 0 Å². The van der Waals surface area contributed by atoms with Gasteiger partial charge in [0.25, 0.3) is 5.91 Å². The van der Waals surface area contributed by atoms with Gasteiger partial charge in [0.2, 0.25) is 5.91 Å². The predicted molar refractivity (Wildman–Crippen MR) is 110 cm³/mol. The predicted octanol–water partition coefficient (Wildman–Crippen LogP) is 4.15. The monoisotopic (exact) mass is 436 g/mol. The van der Waals surface area contributed by atoms with Crippen LogP contribution in [0.25, 0.3) is 0 Å². The lowest BCUT2D eigenvalue weighted by molar-refractivity contribution is -0.126. The molecule has 0 spiro atoms. The van der Waals surface area contributed by atoms with E-state index < -0.39 is 23.7 Å². The van der Waals surface area contributed by atoms with E-state index in [1.54, 1.807) is 0 Å². The lowest BCUT2D eigenvalue weighted by atomic mass is 9.94. The van der Waals surface area contributed by atoms with E-state index in [4.69, 9.17) is 11.6 Å². The summed E-state index contributed by atoms with van der Waals surface area (Å²) < 4.78 is 18.5. The van der Waals surface area contributed by atoms with Crippen LogP contribution in [-0.2, 0) is 4.79 Å². The van der Waals surface area contributed by atoms with Crippen molar-refractivity contribution in [2.75, 3.05) is 6.54 Å². The molecule has 3 rings (SSSR count). The standard InChI is InChI=1S/C20H22ClFN4O2S/c1-2-11-26(20(28)16-12-29-25-24-16)18(17-14(21)9-6-10-15(17)22)19(27)23-13-7-4-3-5-8-13/h2,6,9-10,12-13,18H,1,3-5,7-8,11H2,(H,23,27)/t18-/m0/s1. The van der Waals surface area contributed by atoms with Crippen LogP contribution in [0.5, 0.6) is 0 Å². The second kappa shape index (κ2) is 9.93. The molecule has 6 nitrogen and oxygen atoms in total. The van der Waals surface area contributed by atoms with Crippen molar-refractivity contribution in [3.05, 3.63) is 58.3 Å². The first-order valence-corrected chi connectivity index (χ1v) is 10.7. The molecule has 1 heterocycles. The minimum absolute atomic E-state index is 0.00841. The van der Waals surface area contributed by atoms with Crippen LogP contribution in [-0.4, -0.2) is 38.9 Å². The van der Waals surface area contributed by atoms with E-state index >= 15 is 0 Å². The van der Waals surface area contributed by atoms with Crippen molar-refractivity contribution in [1.29, 1.82) is 0 Å². The fraction of sp³-hybridized carbons (Fsp3) is 0.400. The van der Waals surface area contributed by atoms with Gasteiger partial charge in [0.15, 0.2) is 5.69 Å². The third-order valence-corrected chi connectivity index (χ3v) is 5.78. The van der Waals surface area contributed by atoms with Crippen LogP contribution in [0.1, 0.15) is 54.2 Å². The van der Waals surface area contributed by atoms with E-state index in [9.17, 15) is 14.0 Å². The Morgan fingerprint density at radius 3 is 2.76 bits per heavy atom. The average molecular weight is 437 g/mol. The number of nitrogens with zero attached hydrogens (tertiary/aromatic N) is 3. The van der Waals surface area contributed by atoms with E-state index in [1.165, 1.54) is 34.6 Å². The first kappa shape index (κ1) is 21.4. The second-order valence-corrected chi connectivity index (χ2v) is 7.93. The largest absolute Gasteiger partial charge is 0.351 e. The Labute approximate surface area is 177 Å². The highest BCUT2D eigenvalue weighted by molar-refractivity contribution is 7.03. The molecule has 1 saturated carbocycles. The van der Waals surface area contributed by atoms with Crippen LogP contribution < -0.4 is 5.32 Å². The minimum atomic E-state index is -1.25. The maximum absolute atomic E-state index is 14.8. The molecule has 2 aromatic rings. The van der Waals surface area contributed by atoms with Crippen LogP contribution in [0.2, 0.25) is 5.02 Å². The van der Waals surface area contributed by atoms with Crippen molar-refractivity contribution in [1.82, 2.24) is 19.8 Å². The molecule has 1 N–H and O–H groups in total. The van der Waals surface area contributed by atoms with Gasteiger partial charge < -0.3 is 10.2 Å². The van der Waals surface area contributed by atoms with Gasteiger partial charge in [0.1, 0.15) is 11.9 Å². The lowest BCUT2D eigenvalue weighted by Crippen LogP contribution is -2.47. The summed E-state index contributed by atoms with van der Waals surface area (Å²) in [7, 11) is 0. The van der Waals surface area contributed by atoms with E-state index in [0.717, 1.165) is 43.6 Å². The zero-order chi connectivity index (χ0) is 20.8. The Bertz CT molecular complexity index is 851. The van der Waals surface area contributed by atoms with Crippen LogP contribution in [0.15, 0.2) is 36.2 Å². The van der Waals surface area contributed by atoms with E-state index in [2.05, 4.69) is 21.5 Å². The summed E-state index contributed by atoms with van der Waals surface area (Å²) in [5.41, 5.74) is 0.0423. The zero-order valence-electron chi connectivity index (χ0n) is 15.8. The summed E-state index contributed by atoms with van der Waals surface area (Å²) in [5.74, 6) is -1.66. The second-order valence-electron chi connectivity index (χ2n) is 6.92. The molecule has 1 aromatic carbocycles. The van der Waals surface area contributed by atoms with Crippen LogP contribution >= 0.6 is 23.1 Å². The molecule has 2 amide bonds. The molecule has 29 heavy (non-hydrogen) atoms. The molecule has 0 unspecified atom stereocenters. The summed E-state index contributed by atoms with van der Waals surface area (Å²) >= 11 is 7.29. The molecule has 0 radical (unpaired) electrons. The Balaban J connectivity index is 2.01. The summed E-state index contributed by atoms with van der Waals surface area (Å²) in [6, 6.07) is 2.93. The van der Waals surface area contributed by atoms with Crippen molar-refractivity contribution < 1.29 is 14.0 Å². The Hall–Kier alpha value is -2.32. The quantitative estimate of drug-likeness (QED) is 0.661. The third kappa shape index (κ3) is 5.00.